The lowest BCUT2D eigenvalue weighted by molar-refractivity contribution is 0.660. The van der Waals surface area contributed by atoms with Crippen LogP contribution in [0.1, 0.15) is 49.9 Å². The summed E-state index contributed by atoms with van der Waals surface area (Å²) in [4.78, 5) is 18.2. The lowest BCUT2D eigenvalue weighted by Crippen LogP contribution is -2.17. The van der Waals surface area contributed by atoms with Crippen LogP contribution in [-0.2, 0) is 10.8 Å². The summed E-state index contributed by atoms with van der Waals surface area (Å²) in [6.45, 7) is 9.47. The van der Waals surface area contributed by atoms with Crippen molar-refractivity contribution in [3.05, 3.63) is 271 Å². The SMILES string of the molecule is CC1(C)c2cc(-c3ccc4c(c3)c3cc5c(cc3n4-c3nc(-c4ccccc4)nc(-c4ccccc4)n3)C(C)(C)c3ccccc3-5)ccc2-c2ccc(N(c3cccc(-c4ccccc4)c3)c3cccc4ccccc34)cc21. The third-order valence-electron chi connectivity index (χ3n) is 16.8. The van der Waals surface area contributed by atoms with Crippen molar-refractivity contribution in [2.75, 3.05) is 4.90 Å². The van der Waals surface area contributed by atoms with Crippen molar-refractivity contribution >= 4 is 49.6 Å². The van der Waals surface area contributed by atoms with E-state index in [1.54, 1.807) is 0 Å². The van der Waals surface area contributed by atoms with Gasteiger partial charge >= 0.3 is 0 Å². The lowest BCUT2D eigenvalue weighted by Gasteiger charge is -2.29. The van der Waals surface area contributed by atoms with Crippen LogP contribution < -0.4 is 4.90 Å². The zero-order valence-corrected chi connectivity index (χ0v) is 43.9. The Balaban J connectivity index is 0.879. The van der Waals surface area contributed by atoms with Crippen LogP contribution in [0.5, 0.6) is 0 Å². The highest BCUT2D eigenvalue weighted by molar-refractivity contribution is 6.13. The van der Waals surface area contributed by atoms with Gasteiger partial charge in [0.05, 0.1) is 16.7 Å². The zero-order chi connectivity index (χ0) is 52.3. The molecule has 5 heteroatoms. The summed E-state index contributed by atoms with van der Waals surface area (Å²) in [5.41, 5.74) is 22.0. The quantitative estimate of drug-likeness (QED) is 0.152. The molecule has 2 aromatic heterocycles. The molecule has 0 spiro atoms. The third-order valence-corrected chi connectivity index (χ3v) is 16.8. The van der Waals surface area contributed by atoms with Crippen molar-refractivity contribution in [3.8, 4) is 73.2 Å². The second kappa shape index (κ2) is 17.4. The highest BCUT2D eigenvalue weighted by Crippen LogP contribution is 2.54. The Morgan fingerprint density at radius 2 is 0.846 bits per heavy atom. The first-order valence-corrected chi connectivity index (χ1v) is 27.0. The molecule has 5 nitrogen and oxygen atoms in total. The summed E-state index contributed by atoms with van der Waals surface area (Å²) in [5.74, 6) is 1.85. The van der Waals surface area contributed by atoms with Gasteiger partial charge in [0, 0.05) is 49.5 Å². The van der Waals surface area contributed by atoms with Crippen LogP contribution >= 0.6 is 0 Å². The molecule has 2 aliphatic rings. The van der Waals surface area contributed by atoms with Gasteiger partial charge in [-0.15, -0.1) is 0 Å². The van der Waals surface area contributed by atoms with Crippen LogP contribution in [-0.4, -0.2) is 19.5 Å². The molecule has 0 fully saturated rings. The average Bonchev–Trinajstić information content (AvgIpc) is 4.20. The summed E-state index contributed by atoms with van der Waals surface area (Å²) in [7, 11) is 0. The van der Waals surface area contributed by atoms with Gasteiger partial charge in [-0.3, -0.25) is 4.57 Å². The fraction of sp³-hybridized carbons (Fsp3) is 0.0822. The number of hydrogen-bond acceptors (Lipinski definition) is 4. The molecule has 15 rings (SSSR count). The maximum absolute atomic E-state index is 5.32. The molecule has 0 unspecified atom stereocenters. The highest BCUT2D eigenvalue weighted by Gasteiger charge is 2.38. The predicted molar refractivity (Wildman–Crippen MR) is 323 cm³/mol. The maximum atomic E-state index is 5.32. The summed E-state index contributed by atoms with van der Waals surface area (Å²) in [6.07, 6.45) is 0. The van der Waals surface area contributed by atoms with Gasteiger partial charge in [0.1, 0.15) is 0 Å². The molecule has 0 saturated carbocycles. The van der Waals surface area contributed by atoms with Gasteiger partial charge in [-0.05, 0) is 133 Å². The van der Waals surface area contributed by atoms with Crippen molar-refractivity contribution in [2.24, 2.45) is 0 Å². The van der Waals surface area contributed by atoms with Gasteiger partial charge in [0.2, 0.25) is 5.95 Å². The van der Waals surface area contributed by atoms with Crippen molar-refractivity contribution in [1.82, 2.24) is 19.5 Å². The van der Waals surface area contributed by atoms with Gasteiger partial charge in [0.15, 0.2) is 11.6 Å². The molecule has 78 heavy (non-hydrogen) atoms. The van der Waals surface area contributed by atoms with E-state index in [1.165, 1.54) is 72.0 Å². The Bertz CT molecular complexity index is 4490. The van der Waals surface area contributed by atoms with Crippen LogP contribution in [0, 0.1) is 0 Å². The normalized spacial score (nSPS) is 13.6. The van der Waals surface area contributed by atoms with E-state index in [9.17, 15) is 0 Å². The van der Waals surface area contributed by atoms with E-state index in [0.717, 1.165) is 55.6 Å². The van der Waals surface area contributed by atoms with Crippen LogP contribution in [0.15, 0.2) is 249 Å². The predicted octanol–water partition coefficient (Wildman–Crippen LogP) is 18.9. The van der Waals surface area contributed by atoms with E-state index in [-0.39, 0.29) is 10.8 Å². The van der Waals surface area contributed by atoms with Gasteiger partial charge in [-0.25, -0.2) is 4.98 Å². The first-order valence-electron chi connectivity index (χ1n) is 27.0. The molecule has 0 N–H and O–H groups in total. The topological polar surface area (TPSA) is 46.8 Å². The average molecular weight is 1000 g/mol. The van der Waals surface area contributed by atoms with Gasteiger partial charge in [-0.1, -0.05) is 216 Å². The molecule has 2 heterocycles. The number of rotatable bonds is 8. The summed E-state index contributed by atoms with van der Waals surface area (Å²) < 4.78 is 2.27. The van der Waals surface area contributed by atoms with E-state index in [4.69, 9.17) is 15.0 Å². The first-order chi connectivity index (χ1) is 38.2. The smallest absolute Gasteiger partial charge is 0.238 e. The monoisotopic (exact) mass is 999 g/mol. The Kier molecular flexibility index (Phi) is 10.2. The van der Waals surface area contributed by atoms with Crippen LogP contribution in [0.3, 0.4) is 0 Å². The van der Waals surface area contributed by atoms with Crippen molar-refractivity contribution in [2.45, 2.75) is 38.5 Å². The summed E-state index contributed by atoms with van der Waals surface area (Å²) in [5, 5.41) is 4.72. The Hall–Kier alpha value is -9.71. The fourth-order valence-electron chi connectivity index (χ4n) is 12.8. The number of anilines is 3. The van der Waals surface area contributed by atoms with Crippen molar-refractivity contribution in [1.29, 1.82) is 0 Å². The Morgan fingerprint density at radius 3 is 1.60 bits per heavy atom. The molecule has 13 aromatic rings. The van der Waals surface area contributed by atoms with Crippen LogP contribution in [0.2, 0.25) is 0 Å². The lowest BCUT2D eigenvalue weighted by atomic mass is 9.81. The van der Waals surface area contributed by atoms with E-state index in [0.29, 0.717) is 17.6 Å². The standard InChI is InChI=1S/C73H53N5/c1-72(2)62-32-17-16-31-56(62)59-44-61-60-41-51(35-39-67(60)78(68(61)45-65(59)72)71-75-69(48-23-10-6-11-24-48)74-70(76-71)49-25-12-7-13-26-49)52-34-37-57-58-38-36-54(43-64(58)73(3,4)63(57)42-52)77(66-33-19-27-47-22-14-15-30-55(47)66)53-29-18-28-50(40-53)46-20-8-5-9-21-46/h5-45H,1-4H3. The van der Waals surface area contributed by atoms with E-state index >= 15 is 0 Å². The second-order valence-electron chi connectivity index (χ2n) is 22.0. The molecule has 370 valence electrons. The molecule has 0 bridgehead atoms. The van der Waals surface area contributed by atoms with Crippen LogP contribution in [0.25, 0.3) is 106 Å². The zero-order valence-electron chi connectivity index (χ0n) is 43.9. The molecule has 0 saturated heterocycles. The van der Waals surface area contributed by atoms with Gasteiger partial charge in [-0.2, -0.15) is 9.97 Å². The molecular weight excluding hydrogens is 947 g/mol. The Morgan fingerprint density at radius 1 is 0.321 bits per heavy atom. The van der Waals surface area contributed by atoms with Crippen LogP contribution in [0.4, 0.5) is 17.1 Å². The van der Waals surface area contributed by atoms with Gasteiger partial charge in [0.25, 0.3) is 0 Å². The van der Waals surface area contributed by atoms with Crippen molar-refractivity contribution in [3.63, 3.8) is 0 Å². The number of aromatic nitrogens is 4. The molecule has 0 radical (unpaired) electrons. The highest BCUT2D eigenvalue weighted by atomic mass is 15.2. The third kappa shape index (κ3) is 7.11. The van der Waals surface area contributed by atoms with E-state index in [2.05, 4.69) is 249 Å². The van der Waals surface area contributed by atoms with Crippen molar-refractivity contribution < 1.29 is 0 Å². The summed E-state index contributed by atoms with van der Waals surface area (Å²) >= 11 is 0. The number of hydrogen-bond donors (Lipinski definition) is 0. The van der Waals surface area contributed by atoms with E-state index in [1.807, 2.05) is 36.4 Å². The molecular formula is C73H53N5. The minimum atomic E-state index is -0.292. The minimum Gasteiger partial charge on any atom is -0.310 e. The van der Waals surface area contributed by atoms with Gasteiger partial charge < -0.3 is 4.90 Å². The number of fused-ring (bicyclic) bond motifs is 10. The maximum Gasteiger partial charge on any atom is 0.238 e. The first kappa shape index (κ1) is 45.7. The Labute approximate surface area is 454 Å². The fourth-order valence-corrected chi connectivity index (χ4v) is 12.8. The molecule has 0 atom stereocenters. The molecule has 11 aromatic carbocycles. The molecule has 0 aliphatic heterocycles. The second-order valence-corrected chi connectivity index (χ2v) is 22.0. The summed E-state index contributed by atoms with van der Waals surface area (Å²) in [6, 6.07) is 90.4. The number of benzene rings is 11. The molecule has 2 aliphatic carbocycles. The minimum absolute atomic E-state index is 0.201. The number of nitrogens with zero attached hydrogens (tertiary/aromatic N) is 5. The molecule has 0 amide bonds. The largest absolute Gasteiger partial charge is 0.310 e. The van der Waals surface area contributed by atoms with E-state index < -0.39 is 0 Å².